The van der Waals surface area contributed by atoms with Crippen LogP contribution < -0.4 is 5.32 Å². The first-order valence-corrected chi connectivity index (χ1v) is 6.88. The average molecular weight is 382 g/mol. The highest BCUT2D eigenvalue weighted by Crippen LogP contribution is 2.21. The summed E-state index contributed by atoms with van der Waals surface area (Å²) in [5.41, 5.74) is 1.57. The number of anilines is 1. The van der Waals surface area contributed by atoms with Gasteiger partial charge in [0, 0.05) is 15.3 Å². The highest BCUT2D eigenvalue weighted by atomic mass is 127. The first-order chi connectivity index (χ1) is 9.49. The molecule has 0 saturated carbocycles. The zero-order chi connectivity index (χ0) is 14.7. The van der Waals surface area contributed by atoms with Gasteiger partial charge >= 0.3 is 0 Å². The van der Waals surface area contributed by atoms with Gasteiger partial charge in [0.25, 0.3) is 11.6 Å². The van der Waals surface area contributed by atoms with Gasteiger partial charge in [0.15, 0.2) is 0 Å². The average Bonchev–Trinajstić information content (AvgIpc) is 2.43. The van der Waals surface area contributed by atoms with Crippen molar-refractivity contribution >= 4 is 39.9 Å². The normalized spacial score (nSPS) is 10.1. The number of benzene rings is 2. The molecule has 1 amide bonds. The molecule has 0 unspecified atom stereocenters. The fraction of sp³-hybridized carbons (Fsp3) is 0.0714. The van der Waals surface area contributed by atoms with E-state index in [1.54, 1.807) is 12.1 Å². The van der Waals surface area contributed by atoms with Crippen molar-refractivity contribution in [1.29, 1.82) is 0 Å². The number of carbonyl (C=O) groups excluding carboxylic acids is 1. The van der Waals surface area contributed by atoms with Crippen LogP contribution in [0, 0.1) is 20.6 Å². The van der Waals surface area contributed by atoms with Crippen LogP contribution in [0.3, 0.4) is 0 Å². The zero-order valence-corrected chi connectivity index (χ0v) is 12.7. The van der Waals surface area contributed by atoms with E-state index in [9.17, 15) is 14.9 Å². The molecule has 0 heterocycles. The molecule has 0 saturated heterocycles. The number of carbonyl (C=O) groups is 1. The molecule has 0 bridgehead atoms. The highest BCUT2D eigenvalue weighted by molar-refractivity contribution is 14.1. The topological polar surface area (TPSA) is 72.2 Å². The van der Waals surface area contributed by atoms with Crippen LogP contribution in [-0.4, -0.2) is 10.8 Å². The lowest BCUT2D eigenvalue weighted by molar-refractivity contribution is -0.385. The second-order valence-electron chi connectivity index (χ2n) is 4.19. The number of nitrogens with zero attached hydrogens (tertiary/aromatic N) is 1. The van der Waals surface area contributed by atoms with Crippen molar-refractivity contribution in [2.24, 2.45) is 0 Å². The lowest BCUT2D eigenvalue weighted by atomic mass is 10.1. The van der Waals surface area contributed by atoms with Crippen molar-refractivity contribution in [2.75, 3.05) is 5.32 Å². The van der Waals surface area contributed by atoms with Crippen molar-refractivity contribution in [1.82, 2.24) is 0 Å². The monoisotopic (exact) mass is 382 g/mol. The van der Waals surface area contributed by atoms with Crippen molar-refractivity contribution < 1.29 is 9.72 Å². The molecule has 0 aromatic heterocycles. The van der Waals surface area contributed by atoms with Gasteiger partial charge in [-0.15, -0.1) is 0 Å². The largest absolute Gasteiger partial charge is 0.322 e. The Morgan fingerprint density at radius 1 is 1.25 bits per heavy atom. The molecule has 2 rings (SSSR count). The van der Waals surface area contributed by atoms with E-state index >= 15 is 0 Å². The zero-order valence-electron chi connectivity index (χ0n) is 10.6. The summed E-state index contributed by atoms with van der Waals surface area (Å²) in [6, 6.07) is 11.4. The summed E-state index contributed by atoms with van der Waals surface area (Å²) in [6.07, 6.45) is 0. The lowest BCUT2D eigenvalue weighted by Gasteiger charge is -2.07. The number of para-hydroxylation sites is 1. The van der Waals surface area contributed by atoms with Crippen molar-refractivity contribution in [2.45, 2.75) is 6.92 Å². The van der Waals surface area contributed by atoms with Gasteiger partial charge < -0.3 is 5.32 Å². The first kappa shape index (κ1) is 14.4. The van der Waals surface area contributed by atoms with E-state index in [4.69, 9.17) is 0 Å². The van der Waals surface area contributed by atoms with Gasteiger partial charge in [0.05, 0.1) is 4.92 Å². The van der Waals surface area contributed by atoms with Crippen LogP contribution in [0.4, 0.5) is 11.4 Å². The molecule has 5 nitrogen and oxygen atoms in total. The van der Waals surface area contributed by atoms with Crippen LogP contribution in [-0.2, 0) is 0 Å². The summed E-state index contributed by atoms with van der Waals surface area (Å²) in [6.45, 7) is 1.97. The maximum atomic E-state index is 12.1. The quantitative estimate of drug-likeness (QED) is 0.499. The minimum atomic E-state index is -0.562. The number of amides is 1. The van der Waals surface area contributed by atoms with Gasteiger partial charge in [-0.05, 0) is 53.3 Å². The summed E-state index contributed by atoms with van der Waals surface area (Å²) < 4.78 is 1.02. The molecule has 0 atom stereocenters. The lowest BCUT2D eigenvalue weighted by Crippen LogP contribution is -2.14. The third-order valence-electron chi connectivity index (χ3n) is 2.78. The number of halogens is 1. The maximum absolute atomic E-state index is 12.1. The second kappa shape index (κ2) is 6.00. The molecule has 0 aliphatic carbocycles. The molecule has 0 aliphatic heterocycles. The predicted molar refractivity (Wildman–Crippen MR) is 84.9 cm³/mol. The molecule has 102 valence electrons. The van der Waals surface area contributed by atoms with Crippen LogP contribution in [0.25, 0.3) is 0 Å². The number of nitrogens with one attached hydrogen (secondary N) is 1. The van der Waals surface area contributed by atoms with Crippen LogP contribution in [0.15, 0.2) is 42.5 Å². The Labute approximate surface area is 129 Å². The first-order valence-electron chi connectivity index (χ1n) is 5.80. The van der Waals surface area contributed by atoms with Crippen molar-refractivity contribution in [3.63, 3.8) is 0 Å². The Bertz CT molecular complexity index is 686. The third kappa shape index (κ3) is 3.13. The molecule has 0 fully saturated rings. The Kier molecular flexibility index (Phi) is 4.33. The summed E-state index contributed by atoms with van der Waals surface area (Å²) >= 11 is 2.17. The van der Waals surface area contributed by atoms with Gasteiger partial charge in [-0.2, -0.15) is 0 Å². The van der Waals surface area contributed by atoms with Gasteiger partial charge in [0.2, 0.25) is 0 Å². The number of nitro benzene ring substituents is 1. The molecule has 6 heteroatoms. The van der Waals surface area contributed by atoms with Crippen LogP contribution in [0.2, 0.25) is 0 Å². The van der Waals surface area contributed by atoms with E-state index in [-0.39, 0.29) is 11.3 Å². The Hall–Kier alpha value is -1.96. The van der Waals surface area contributed by atoms with E-state index in [1.807, 2.05) is 19.1 Å². The van der Waals surface area contributed by atoms with Crippen LogP contribution in [0.1, 0.15) is 15.9 Å². The standard InChI is InChI=1S/C14H11IN2O3/c1-9-6-7-10(8-12(9)15)16-14(18)11-4-2-3-5-13(11)17(19)20/h2-8H,1H3,(H,16,18). The Balaban J connectivity index is 2.28. The number of rotatable bonds is 3. The summed E-state index contributed by atoms with van der Waals surface area (Å²) in [4.78, 5) is 22.5. The van der Waals surface area contributed by atoms with E-state index in [2.05, 4.69) is 27.9 Å². The Morgan fingerprint density at radius 2 is 1.95 bits per heavy atom. The third-order valence-corrected chi connectivity index (χ3v) is 3.94. The van der Waals surface area contributed by atoms with E-state index in [1.165, 1.54) is 18.2 Å². The van der Waals surface area contributed by atoms with Gasteiger partial charge in [-0.3, -0.25) is 14.9 Å². The van der Waals surface area contributed by atoms with Crippen LogP contribution in [0.5, 0.6) is 0 Å². The molecule has 2 aromatic carbocycles. The molecular weight excluding hydrogens is 371 g/mol. The second-order valence-corrected chi connectivity index (χ2v) is 5.35. The molecule has 1 N–H and O–H groups in total. The number of hydrogen-bond acceptors (Lipinski definition) is 3. The van der Waals surface area contributed by atoms with Crippen molar-refractivity contribution in [3.8, 4) is 0 Å². The number of aryl methyl sites for hydroxylation is 1. The van der Waals surface area contributed by atoms with Gasteiger partial charge in [-0.25, -0.2) is 0 Å². The van der Waals surface area contributed by atoms with Crippen LogP contribution >= 0.6 is 22.6 Å². The SMILES string of the molecule is Cc1ccc(NC(=O)c2ccccc2[N+](=O)[O-])cc1I. The van der Waals surface area contributed by atoms with Crippen molar-refractivity contribution in [3.05, 3.63) is 67.3 Å². The molecule has 20 heavy (non-hydrogen) atoms. The highest BCUT2D eigenvalue weighted by Gasteiger charge is 2.19. The fourth-order valence-corrected chi connectivity index (χ4v) is 2.21. The summed E-state index contributed by atoms with van der Waals surface area (Å²) in [5, 5.41) is 13.6. The molecule has 0 spiro atoms. The summed E-state index contributed by atoms with van der Waals surface area (Å²) in [5.74, 6) is -0.489. The predicted octanol–water partition coefficient (Wildman–Crippen LogP) is 3.76. The fourth-order valence-electron chi connectivity index (χ4n) is 1.69. The molecule has 0 radical (unpaired) electrons. The molecule has 2 aromatic rings. The molecular formula is C14H11IN2O3. The Morgan fingerprint density at radius 3 is 2.60 bits per heavy atom. The number of nitro groups is 1. The van der Waals surface area contributed by atoms with E-state index in [0.717, 1.165) is 9.13 Å². The molecule has 0 aliphatic rings. The van der Waals surface area contributed by atoms with Gasteiger partial charge in [-0.1, -0.05) is 18.2 Å². The minimum Gasteiger partial charge on any atom is -0.322 e. The minimum absolute atomic E-state index is 0.0492. The maximum Gasteiger partial charge on any atom is 0.282 e. The van der Waals surface area contributed by atoms with Gasteiger partial charge in [0.1, 0.15) is 5.56 Å². The smallest absolute Gasteiger partial charge is 0.282 e. The van der Waals surface area contributed by atoms with E-state index < -0.39 is 10.8 Å². The number of hydrogen-bond donors (Lipinski definition) is 1. The van der Waals surface area contributed by atoms with E-state index in [0.29, 0.717) is 5.69 Å². The summed E-state index contributed by atoms with van der Waals surface area (Å²) in [7, 11) is 0.